The summed E-state index contributed by atoms with van der Waals surface area (Å²) in [5, 5.41) is 2.90. The number of anilines is 2. The third-order valence-corrected chi connectivity index (χ3v) is 2.11. The minimum absolute atomic E-state index is 0.567. The van der Waals surface area contributed by atoms with Gasteiger partial charge in [0.25, 0.3) is 0 Å². The van der Waals surface area contributed by atoms with Gasteiger partial charge in [-0.1, -0.05) is 12.1 Å². The van der Waals surface area contributed by atoms with Gasteiger partial charge in [-0.15, -0.1) is 0 Å². The van der Waals surface area contributed by atoms with Crippen LogP contribution in [-0.4, -0.2) is 19.3 Å². The first kappa shape index (κ1) is 8.04. The van der Waals surface area contributed by atoms with Crippen molar-refractivity contribution in [3.8, 4) is 0 Å². The van der Waals surface area contributed by atoms with Gasteiger partial charge < -0.3 is 10.2 Å². The Kier molecular flexibility index (Phi) is 1.88. The van der Waals surface area contributed by atoms with Crippen molar-refractivity contribution in [3.05, 3.63) is 24.3 Å². The molecule has 68 valence electrons. The average Bonchev–Trinajstić information content (AvgIpc) is 2.55. The normalized spacial score (nSPS) is 19.5. The lowest BCUT2D eigenvalue weighted by Gasteiger charge is -2.17. The second-order valence-electron chi connectivity index (χ2n) is 2.83. The van der Waals surface area contributed by atoms with Crippen LogP contribution >= 0.6 is 0 Å². The number of benzene rings is 1. The summed E-state index contributed by atoms with van der Waals surface area (Å²) < 4.78 is 12.5. The molecule has 0 aromatic heterocycles. The Morgan fingerprint density at radius 2 is 2.31 bits per heavy atom. The monoisotopic (exact) mass is 180 g/mol. The van der Waals surface area contributed by atoms with Crippen LogP contribution in [0, 0.1) is 0 Å². The molecule has 0 spiro atoms. The topological polar surface area (TPSA) is 32.3 Å². The Bertz CT molecular complexity index is 329. The fourth-order valence-electron chi connectivity index (χ4n) is 1.48. The van der Waals surface area contributed by atoms with Crippen LogP contribution in [0.15, 0.2) is 24.3 Å². The van der Waals surface area contributed by atoms with Gasteiger partial charge in [0.1, 0.15) is 0 Å². The van der Waals surface area contributed by atoms with Crippen LogP contribution in [0.4, 0.5) is 15.8 Å². The predicted molar refractivity (Wildman–Crippen MR) is 48.4 cm³/mol. The first-order valence-corrected chi connectivity index (χ1v) is 4.00. The van der Waals surface area contributed by atoms with E-state index in [-0.39, 0.29) is 0 Å². The zero-order valence-electron chi connectivity index (χ0n) is 6.90. The van der Waals surface area contributed by atoms with Gasteiger partial charge in [-0.25, -0.2) is 4.39 Å². The highest BCUT2D eigenvalue weighted by Gasteiger charge is 2.27. The first-order valence-electron chi connectivity index (χ1n) is 4.00. The first-order chi connectivity index (χ1) is 6.36. The fourth-order valence-corrected chi connectivity index (χ4v) is 1.48. The summed E-state index contributed by atoms with van der Waals surface area (Å²) in [7, 11) is 0. The predicted octanol–water partition coefficient (Wildman–Crippen LogP) is 1.37. The van der Waals surface area contributed by atoms with E-state index in [1.165, 1.54) is 4.90 Å². The van der Waals surface area contributed by atoms with Crippen LogP contribution in [0.25, 0.3) is 0 Å². The SMILES string of the molecule is O=CC1Nc2ccccc2N1CF. The van der Waals surface area contributed by atoms with E-state index in [9.17, 15) is 9.18 Å². The highest BCUT2D eigenvalue weighted by molar-refractivity contribution is 5.84. The smallest absolute Gasteiger partial charge is 0.163 e. The van der Waals surface area contributed by atoms with Gasteiger partial charge in [0.2, 0.25) is 0 Å². The number of para-hydroxylation sites is 2. The summed E-state index contributed by atoms with van der Waals surface area (Å²) in [6.07, 6.45) is 0.127. The number of fused-ring (bicyclic) bond motifs is 1. The molecule has 3 nitrogen and oxygen atoms in total. The molecule has 0 saturated carbocycles. The summed E-state index contributed by atoms with van der Waals surface area (Å²) >= 11 is 0. The zero-order valence-corrected chi connectivity index (χ0v) is 6.90. The number of alkyl halides is 1. The molecule has 1 heterocycles. The Morgan fingerprint density at radius 1 is 1.54 bits per heavy atom. The summed E-state index contributed by atoms with van der Waals surface area (Å²) in [6, 6.07) is 7.26. The van der Waals surface area contributed by atoms with Crippen LogP contribution in [0.2, 0.25) is 0 Å². The molecule has 13 heavy (non-hydrogen) atoms. The summed E-state index contributed by atoms with van der Waals surface area (Å²) in [5.41, 5.74) is 1.54. The molecule has 1 unspecified atom stereocenters. The van der Waals surface area contributed by atoms with Gasteiger partial charge in [-0.05, 0) is 12.1 Å². The maximum Gasteiger partial charge on any atom is 0.163 e. The van der Waals surface area contributed by atoms with Crippen molar-refractivity contribution in [2.24, 2.45) is 0 Å². The van der Waals surface area contributed by atoms with E-state index in [1.54, 1.807) is 6.07 Å². The third kappa shape index (κ3) is 1.14. The van der Waals surface area contributed by atoms with Crippen LogP contribution < -0.4 is 10.2 Å². The fraction of sp³-hybridized carbons (Fsp3) is 0.222. The summed E-state index contributed by atoms with van der Waals surface area (Å²) in [6.45, 7) is -0.659. The quantitative estimate of drug-likeness (QED) is 0.551. The molecule has 0 bridgehead atoms. The van der Waals surface area contributed by atoms with Gasteiger partial charge in [0.15, 0.2) is 19.3 Å². The van der Waals surface area contributed by atoms with Crippen molar-refractivity contribution in [2.45, 2.75) is 6.17 Å². The molecule has 0 amide bonds. The van der Waals surface area contributed by atoms with E-state index in [4.69, 9.17) is 0 Å². The van der Waals surface area contributed by atoms with Crippen LogP contribution in [0.3, 0.4) is 0 Å². The van der Waals surface area contributed by atoms with Crippen molar-refractivity contribution >= 4 is 17.7 Å². The number of nitrogens with zero attached hydrogens (tertiary/aromatic N) is 1. The lowest BCUT2D eigenvalue weighted by molar-refractivity contribution is -0.108. The molecule has 0 radical (unpaired) electrons. The van der Waals surface area contributed by atoms with Crippen LogP contribution in [0.1, 0.15) is 0 Å². The van der Waals surface area contributed by atoms with Crippen molar-refractivity contribution in [1.82, 2.24) is 0 Å². The Labute approximate surface area is 75.2 Å². The van der Waals surface area contributed by atoms with E-state index >= 15 is 0 Å². The average molecular weight is 180 g/mol. The standard InChI is InChI=1S/C9H9FN2O/c10-6-12-8-4-2-1-3-7(8)11-9(12)5-13/h1-5,9,11H,6H2. The van der Waals surface area contributed by atoms with Crippen molar-refractivity contribution in [3.63, 3.8) is 0 Å². The minimum Gasteiger partial charge on any atom is -0.358 e. The number of hydrogen-bond donors (Lipinski definition) is 1. The van der Waals surface area contributed by atoms with Gasteiger partial charge in [0.05, 0.1) is 11.4 Å². The van der Waals surface area contributed by atoms with E-state index < -0.39 is 13.0 Å². The highest BCUT2D eigenvalue weighted by atomic mass is 19.1. The molecule has 0 aliphatic carbocycles. The van der Waals surface area contributed by atoms with Crippen molar-refractivity contribution in [2.75, 3.05) is 17.0 Å². The van der Waals surface area contributed by atoms with Gasteiger partial charge in [0, 0.05) is 0 Å². The molecule has 1 aromatic rings. The Morgan fingerprint density at radius 3 is 3.00 bits per heavy atom. The minimum atomic E-state index is -0.659. The molecule has 0 saturated heterocycles. The van der Waals surface area contributed by atoms with Gasteiger partial charge >= 0.3 is 0 Å². The second kappa shape index (κ2) is 3.05. The maximum absolute atomic E-state index is 12.5. The van der Waals surface area contributed by atoms with Crippen molar-refractivity contribution < 1.29 is 9.18 Å². The number of hydrogen-bond acceptors (Lipinski definition) is 3. The van der Waals surface area contributed by atoms with E-state index in [0.717, 1.165) is 11.4 Å². The van der Waals surface area contributed by atoms with E-state index in [1.807, 2.05) is 18.2 Å². The van der Waals surface area contributed by atoms with E-state index in [2.05, 4.69) is 5.32 Å². The van der Waals surface area contributed by atoms with E-state index in [0.29, 0.717) is 6.29 Å². The van der Waals surface area contributed by atoms with Crippen LogP contribution in [0.5, 0.6) is 0 Å². The summed E-state index contributed by atoms with van der Waals surface area (Å²) in [5.74, 6) is 0. The highest BCUT2D eigenvalue weighted by Crippen LogP contribution is 2.33. The molecule has 1 aliphatic rings. The molecule has 1 N–H and O–H groups in total. The zero-order chi connectivity index (χ0) is 9.26. The lowest BCUT2D eigenvalue weighted by atomic mass is 10.3. The molecule has 1 atom stereocenters. The van der Waals surface area contributed by atoms with Gasteiger partial charge in [-0.3, -0.25) is 4.79 Å². The Balaban J connectivity index is 2.39. The molecule has 1 aliphatic heterocycles. The molecular formula is C9H9FN2O. The number of carbonyl (C=O) groups excluding carboxylic acids is 1. The molecule has 0 fully saturated rings. The second-order valence-corrected chi connectivity index (χ2v) is 2.83. The molecule has 1 aromatic carbocycles. The largest absolute Gasteiger partial charge is 0.358 e. The van der Waals surface area contributed by atoms with Crippen molar-refractivity contribution in [1.29, 1.82) is 0 Å². The molecule has 2 rings (SSSR count). The number of halogens is 1. The van der Waals surface area contributed by atoms with Crippen LogP contribution in [-0.2, 0) is 4.79 Å². The molecule has 4 heteroatoms. The lowest BCUT2D eigenvalue weighted by Crippen LogP contribution is -2.36. The summed E-state index contributed by atoms with van der Waals surface area (Å²) in [4.78, 5) is 12.0. The number of aldehydes is 1. The van der Waals surface area contributed by atoms with Gasteiger partial charge in [-0.2, -0.15) is 0 Å². The molecular weight excluding hydrogens is 171 g/mol. The number of carbonyl (C=O) groups is 1. The Hall–Kier alpha value is -1.58. The number of rotatable bonds is 2. The number of nitrogens with one attached hydrogen (secondary N) is 1. The third-order valence-electron chi connectivity index (χ3n) is 2.11. The maximum atomic E-state index is 12.5.